The molecule has 0 radical (unpaired) electrons. The molecule has 3 rings (SSSR count). The third-order valence-corrected chi connectivity index (χ3v) is 6.91. The second kappa shape index (κ2) is 10.5. The van der Waals surface area contributed by atoms with Gasteiger partial charge in [-0.15, -0.1) is 0 Å². The molecule has 0 aromatic heterocycles. The van der Waals surface area contributed by atoms with Gasteiger partial charge in [-0.05, 0) is 29.7 Å². The highest BCUT2D eigenvalue weighted by Gasteiger charge is 2.29. The third kappa shape index (κ3) is 5.90. The Kier molecular flexibility index (Phi) is 7.78. The minimum atomic E-state index is -3.75. The molecule has 2 aromatic rings. The first-order valence-electron chi connectivity index (χ1n) is 10.1. The second-order valence-corrected chi connectivity index (χ2v) is 8.93. The van der Waals surface area contributed by atoms with E-state index in [2.05, 4.69) is 5.32 Å². The Labute approximate surface area is 182 Å². The maximum absolute atomic E-state index is 13.1. The van der Waals surface area contributed by atoms with E-state index in [0.29, 0.717) is 25.2 Å². The van der Waals surface area contributed by atoms with Crippen molar-refractivity contribution in [2.75, 3.05) is 32.8 Å². The summed E-state index contributed by atoms with van der Waals surface area (Å²) < 4.78 is 37.9. The van der Waals surface area contributed by atoms with Crippen LogP contribution in [0.15, 0.2) is 53.4 Å². The summed E-state index contributed by atoms with van der Waals surface area (Å²) in [5.74, 6) is -1.12. The van der Waals surface area contributed by atoms with Gasteiger partial charge in [0.25, 0.3) is 5.91 Å². The van der Waals surface area contributed by atoms with Crippen LogP contribution in [0.1, 0.15) is 28.4 Å². The van der Waals surface area contributed by atoms with Crippen LogP contribution in [-0.2, 0) is 37.3 Å². The zero-order valence-electron chi connectivity index (χ0n) is 17.4. The van der Waals surface area contributed by atoms with Crippen molar-refractivity contribution in [2.45, 2.75) is 24.8 Å². The first-order chi connectivity index (χ1) is 14.9. The molecule has 0 spiro atoms. The lowest BCUT2D eigenvalue weighted by atomic mass is 10.1. The van der Waals surface area contributed by atoms with Gasteiger partial charge in [0.05, 0.1) is 18.1 Å². The normalized spacial score (nSPS) is 14.7. The van der Waals surface area contributed by atoms with Gasteiger partial charge in [-0.2, -0.15) is 4.31 Å². The highest BCUT2D eigenvalue weighted by Crippen LogP contribution is 2.23. The number of sulfonamides is 1. The maximum Gasteiger partial charge on any atom is 0.325 e. The molecule has 1 amide bonds. The van der Waals surface area contributed by atoms with Crippen LogP contribution in [0.5, 0.6) is 0 Å². The highest BCUT2D eigenvalue weighted by molar-refractivity contribution is 7.89. The monoisotopic (exact) mass is 446 g/mol. The van der Waals surface area contributed by atoms with E-state index in [1.54, 1.807) is 12.1 Å². The van der Waals surface area contributed by atoms with Crippen LogP contribution in [0.2, 0.25) is 0 Å². The smallest absolute Gasteiger partial charge is 0.325 e. The predicted octanol–water partition coefficient (Wildman–Crippen LogP) is 1.74. The van der Waals surface area contributed by atoms with Crippen LogP contribution in [0, 0.1) is 0 Å². The van der Waals surface area contributed by atoms with Gasteiger partial charge in [0, 0.05) is 18.7 Å². The van der Waals surface area contributed by atoms with Crippen molar-refractivity contribution >= 4 is 21.9 Å². The van der Waals surface area contributed by atoms with Crippen molar-refractivity contribution < 1.29 is 27.5 Å². The van der Waals surface area contributed by atoms with E-state index in [1.807, 2.05) is 37.3 Å². The molecule has 0 bridgehead atoms. The number of carbonyl (C=O) groups is 2. The quantitative estimate of drug-likeness (QED) is 0.620. The lowest BCUT2D eigenvalue weighted by molar-refractivity contribution is -0.143. The summed E-state index contributed by atoms with van der Waals surface area (Å²) in [5, 5.41) is 2.49. The molecule has 8 nitrogen and oxygen atoms in total. The number of nitrogens with zero attached hydrogens (tertiary/aromatic N) is 1. The number of nitrogens with one attached hydrogen (secondary N) is 1. The van der Waals surface area contributed by atoms with Gasteiger partial charge in [0.2, 0.25) is 10.0 Å². The molecule has 0 aliphatic carbocycles. The van der Waals surface area contributed by atoms with E-state index in [-0.39, 0.29) is 36.7 Å². The SMILES string of the molecule is CCc1ccc(C(=O)NCC(=O)OCc2ccccc2)cc1S(=O)(=O)N1CCOCC1. The molecular weight excluding hydrogens is 420 g/mol. The molecule has 9 heteroatoms. The van der Waals surface area contributed by atoms with E-state index < -0.39 is 21.9 Å². The summed E-state index contributed by atoms with van der Waals surface area (Å²) in [4.78, 5) is 24.6. The van der Waals surface area contributed by atoms with Crippen LogP contribution in [0.4, 0.5) is 0 Å². The zero-order valence-corrected chi connectivity index (χ0v) is 18.2. The van der Waals surface area contributed by atoms with Crippen LogP contribution in [0.25, 0.3) is 0 Å². The van der Waals surface area contributed by atoms with E-state index >= 15 is 0 Å². The molecular formula is C22H26N2O6S. The van der Waals surface area contributed by atoms with Gasteiger partial charge in [-0.3, -0.25) is 9.59 Å². The third-order valence-electron chi connectivity index (χ3n) is 4.93. The number of aryl methyl sites for hydroxylation is 1. The fourth-order valence-corrected chi connectivity index (χ4v) is 4.93. The average Bonchev–Trinajstić information content (AvgIpc) is 2.82. The van der Waals surface area contributed by atoms with E-state index in [4.69, 9.17) is 9.47 Å². The minimum Gasteiger partial charge on any atom is -0.460 e. The zero-order chi connectivity index (χ0) is 22.3. The maximum atomic E-state index is 13.1. The van der Waals surface area contributed by atoms with Crippen molar-refractivity contribution in [3.8, 4) is 0 Å². The topological polar surface area (TPSA) is 102 Å². The Morgan fingerprint density at radius 2 is 1.81 bits per heavy atom. The highest BCUT2D eigenvalue weighted by atomic mass is 32.2. The largest absolute Gasteiger partial charge is 0.460 e. The Hall–Kier alpha value is -2.75. The van der Waals surface area contributed by atoms with Crippen molar-refractivity contribution in [2.24, 2.45) is 0 Å². The fourth-order valence-electron chi connectivity index (χ4n) is 3.20. The van der Waals surface area contributed by atoms with Crippen LogP contribution < -0.4 is 5.32 Å². The lowest BCUT2D eigenvalue weighted by Gasteiger charge is -2.27. The summed E-state index contributed by atoms with van der Waals surface area (Å²) >= 11 is 0. The number of amides is 1. The Balaban J connectivity index is 1.66. The van der Waals surface area contributed by atoms with Gasteiger partial charge in [-0.25, -0.2) is 8.42 Å². The molecule has 31 heavy (non-hydrogen) atoms. The van der Waals surface area contributed by atoms with E-state index in [1.165, 1.54) is 10.4 Å². The number of hydrogen-bond acceptors (Lipinski definition) is 6. The second-order valence-electron chi connectivity index (χ2n) is 7.02. The van der Waals surface area contributed by atoms with Gasteiger partial charge in [-0.1, -0.05) is 43.3 Å². The summed E-state index contributed by atoms with van der Waals surface area (Å²) in [7, 11) is -3.75. The molecule has 1 N–H and O–H groups in total. The first-order valence-corrected chi connectivity index (χ1v) is 11.5. The number of rotatable bonds is 8. The van der Waals surface area contributed by atoms with E-state index in [9.17, 15) is 18.0 Å². The van der Waals surface area contributed by atoms with E-state index in [0.717, 1.165) is 5.56 Å². The van der Waals surface area contributed by atoms with Crippen LogP contribution >= 0.6 is 0 Å². The van der Waals surface area contributed by atoms with Gasteiger partial charge in [0.15, 0.2) is 0 Å². The van der Waals surface area contributed by atoms with Gasteiger partial charge in [0.1, 0.15) is 13.2 Å². The molecule has 2 aromatic carbocycles. The summed E-state index contributed by atoms with van der Waals surface area (Å²) in [5.41, 5.74) is 1.64. The standard InChI is InChI=1S/C22H26N2O6S/c1-2-18-8-9-19(14-20(18)31(27,28)24-10-12-29-13-11-24)22(26)23-15-21(25)30-16-17-6-4-3-5-7-17/h3-9,14H,2,10-13,15-16H2,1H3,(H,23,26). The minimum absolute atomic E-state index is 0.108. The first kappa shape index (κ1) is 22.9. The lowest BCUT2D eigenvalue weighted by Crippen LogP contribution is -2.41. The molecule has 166 valence electrons. The fraction of sp³-hybridized carbons (Fsp3) is 0.364. The molecule has 1 aliphatic heterocycles. The van der Waals surface area contributed by atoms with Crippen molar-refractivity contribution in [3.05, 3.63) is 65.2 Å². The van der Waals surface area contributed by atoms with Crippen LogP contribution in [0.3, 0.4) is 0 Å². The van der Waals surface area contributed by atoms with Crippen molar-refractivity contribution in [1.82, 2.24) is 9.62 Å². The Morgan fingerprint density at radius 3 is 2.48 bits per heavy atom. The molecule has 1 aliphatic rings. The predicted molar refractivity (Wildman–Crippen MR) is 114 cm³/mol. The Morgan fingerprint density at radius 1 is 1.10 bits per heavy atom. The van der Waals surface area contributed by atoms with Crippen LogP contribution in [-0.4, -0.2) is 57.4 Å². The van der Waals surface area contributed by atoms with Gasteiger partial charge < -0.3 is 14.8 Å². The molecule has 1 fully saturated rings. The summed E-state index contributed by atoms with van der Waals surface area (Å²) in [6, 6.07) is 13.8. The number of hydrogen-bond donors (Lipinski definition) is 1. The van der Waals surface area contributed by atoms with Crippen molar-refractivity contribution in [1.29, 1.82) is 0 Å². The molecule has 0 saturated carbocycles. The molecule has 1 saturated heterocycles. The number of benzene rings is 2. The summed E-state index contributed by atoms with van der Waals surface area (Å²) in [6.07, 6.45) is 0.507. The van der Waals surface area contributed by atoms with Gasteiger partial charge >= 0.3 is 5.97 Å². The molecule has 1 heterocycles. The molecule has 0 atom stereocenters. The Bertz CT molecular complexity index is 1020. The number of ether oxygens (including phenoxy) is 2. The number of morpholine rings is 1. The molecule has 0 unspecified atom stereocenters. The van der Waals surface area contributed by atoms with Crippen molar-refractivity contribution in [3.63, 3.8) is 0 Å². The average molecular weight is 447 g/mol. The number of carbonyl (C=O) groups excluding carboxylic acids is 2. The number of esters is 1. The summed E-state index contributed by atoms with van der Waals surface area (Å²) in [6.45, 7) is 2.88.